The van der Waals surface area contributed by atoms with E-state index in [1.165, 1.54) is 11.3 Å². The average molecular weight is 429 g/mol. The molecule has 1 aromatic rings. The van der Waals surface area contributed by atoms with Crippen LogP contribution in [0.1, 0.15) is 16.8 Å². The van der Waals surface area contributed by atoms with E-state index in [1.807, 2.05) is 0 Å². The fourth-order valence-electron chi connectivity index (χ4n) is 1.93. The van der Waals surface area contributed by atoms with Gasteiger partial charge < -0.3 is 10.0 Å². The van der Waals surface area contributed by atoms with Gasteiger partial charge in [-0.05, 0) is 37.9 Å². The van der Waals surface area contributed by atoms with E-state index < -0.39 is 5.97 Å². The molecule has 1 saturated heterocycles. The van der Waals surface area contributed by atoms with Crippen LogP contribution >= 0.6 is 55.0 Å². The minimum absolute atomic E-state index is 0.00165. The highest BCUT2D eigenvalue weighted by Crippen LogP contribution is 2.33. The zero-order valence-electron chi connectivity index (χ0n) is 9.77. The zero-order valence-corrected chi connectivity index (χ0v) is 14.6. The quantitative estimate of drug-likeness (QED) is 0.802. The summed E-state index contributed by atoms with van der Waals surface area (Å²) in [7, 11) is 0. The number of carboxylic acid groups (broad SMARTS) is 1. The maximum Gasteiger partial charge on any atom is 0.305 e. The third-order valence-corrected chi connectivity index (χ3v) is 6.22. The van der Waals surface area contributed by atoms with E-state index in [0.717, 1.165) is 13.3 Å². The van der Waals surface area contributed by atoms with Crippen molar-refractivity contribution >= 4 is 66.8 Å². The molecule has 2 rings (SSSR count). The Labute approximate surface area is 135 Å². The third kappa shape index (κ3) is 3.74. The zero-order chi connectivity index (χ0) is 14.0. The molecule has 1 N–H and O–H groups in total. The number of aliphatic carboxylic acids is 1. The number of carboxylic acids is 1. The van der Waals surface area contributed by atoms with Crippen molar-refractivity contribution in [3.05, 3.63) is 19.2 Å². The van der Waals surface area contributed by atoms with E-state index in [0.29, 0.717) is 17.9 Å². The topological polar surface area (TPSA) is 57.6 Å². The van der Waals surface area contributed by atoms with Crippen LogP contribution in [0.2, 0.25) is 0 Å². The third-order valence-electron chi connectivity index (χ3n) is 2.79. The molecule has 0 bridgehead atoms. The fourth-order valence-corrected chi connectivity index (χ4v) is 5.77. The summed E-state index contributed by atoms with van der Waals surface area (Å²) < 4.78 is 1.65. The molecule has 2 heterocycles. The molecule has 4 nitrogen and oxygen atoms in total. The molecule has 0 aromatic carbocycles. The first-order valence-corrected chi connectivity index (χ1v) is 9.10. The summed E-state index contributed by atoms with van der Waals surface area (Å²) in [5, 5.41) is 8.93. The van der Waals surface area contributed by atoms with Gasteiger partial charge in [-0.1, -0.05) is 0 Å². The van der Waals surface area contributed by atoms with E-state index in [2.05, 4.69) is 31.9 Å². The number of amides is 1. The number of rotatable bonds is 3. The van der Waals surface area contributed by atoms with Crippen molar-refractivity contribution in [3.8, 4) is 0 Å². The lowest BCUT2D eigenvalue weighted by Crippen LogP contribution is -2.47. The molecule has 1 aliphatic rings. The summed E-state index contributed by atoms with van der Waals surface area (Å²) in [6, 6.07) is 1.55. The van der Waals surface area contributed by atoms with Crippen molar-refractivity contribution in [1.82, 2.24) is 4.90 Å². The van der Waals surface area contributed by atoms with Gasteiger partial charge in [0.2, 0.25) is 0 Å². The van der Waals surface area contributed by atoms with Gasteiger partial charge in [-0.2, -0.15) is 11.8 Å². The predicted octanol–water partition coefficient (Wildman–Crippen LogP) is 3.31. The Morgan fingerprint density at radius 2 is 2.21 bits per heavy atom. The standard InChI is InChI=1S/C11H11Br2NO3S2/c12-8-4-7(10(13)19-8)11(17)14-1-2-18-5-6(14)3-9(15)16/h4,6H,1-3,5H2,(H,15,16). The van der Waals surface area contributed by atoms with Gasteiger partial charge in [0, 0.05) is 18.1 Å². The molecule has 0 aliphatic carbocycles. The van der Waals surface area contributed by atoms with Crippen LogP contribution in [0.25, 0.3) is 0 Å². The number of hydrogen-bond acceptors (Lipinski definition) is 4. The van der Waals surface area contributed by atoms with E-state index in [-0.39, 0.29) is 18.4 Å². The summed E-state index contributed by atoms with van der Waals surface area (Å²) in [6.45, 7) is 0.599. The Morgan fingerprint density at radius 1 is 1.47 bits per heavy atom. The largest absolute Gasteiger partial charge is 0.481 e. The van der Waals surface area contributed by atoms with Gasteiger partial charge in [-0.3, -0.25) is 9.59 Å². The smallest absolute Gasteiger partial charge is 0.305 e. The first-order valence-electron chi connectivity index (χ1n) is 5.54. The molecule has 1 unspecified atom stereocenters. The Balaban J connectivity index is 2.19. The molecule has 1 aliphatic heterocycles. The highest BCUT2D eigenvalue weighted by molar-refractivity contribution is 9.12. The molecule has 19 heavy (non-hydrogen) atoms. The predicted molar refractivity (Wildman–Crippen MR) is 84.1 cm³/mol. The number of hydrogen-bond donors (Lipinski definition) is 1. The van der Waals surface area contributed by atoms with Gasteiger partial charge in [0.15, 0.2) is 0 Å². The maximum absolute atomic E-state index is 12.5. The van der Waals surface area contributed by atoms with E-state index >= 15 is 0 Å². The van der Waals surface area contributed by atoms with Crippen molar-refractivity contribution in [2.75, 3.05) is 18.1 Å². The highest BCUT2D eigenvalue weighted by Gasteiger charge is 2.30. The Morgan fingerprint density at radius 3 is 2.79 bits per heavy atom. The normalized spacial score (nSPS) is 19.5. The summed E-state index contributed by atoms with van der Waals surface area (Å²) in [5.41, 5.74) is 0.596. The molecule has 0 spiro atoms. The average Bonchev–Trinajstić information content (AvgIpc) is 2.67. The number of carbonyl (C=O) groups is 2. The SMILES string of the molecule is O=C(O)CC1CSCCN1C(=O)c1cc(Br)sc1Br. The molecule has 1 atom stereocenters. The first kappa shape index (κ1) is 15.3. The monoisotopic (exact) mass is 427 g/mol. The minimum atomic E-state index is -0.865. The minimum Gasteiger partial charge on any atom is -0.481 e. The molecular weight excluding hydrogens is 418 g/mol. The summed E-state index contributed by atoms with van der Waals surface area (Å²) in [5.74, 6) is 0.572. The van der Waals surface area contributed by atoms with Crippen LogP contribution in [0.15, 0.2) is 13.6 Å². The van der Waals surface area contributed by atoms with Gasteiger partial charge in [0.1, 0.15) is 0 Å². The van der Waals surface area contributed by atoms with Crippen LogP contribution < -0.4 is 0 Å². The van der Waals surface area contributed by atoms with Crippen LogP contribution in [-0.4, -0.2) is 46.0 Å². The Hall–Kier alpha value is -0.0500. The van der Waals surface area contributed by atoms with E-state index in [9.17, 15) is 9.59 Å². The highest BCUT2D eigenvalue weighted by atomic mass is 79.9. The van der Waals surface area contributed by atoms with Gasteiger partial charge in [0.25, 0.3) is 5.91 Å². The summed E-state index contributed by atoms with van der Waals surface area (Å²) in [6.07, 6.45) is 0.00165. The Bertz CT molecular complexity index is 506. The summed E-state index contributed by atoms with van der Waals surface area (Å²) in [4.78, 5) is 25.1. The van der Waals surface area contributed by atoms with Gasteiger partial charge >= 0.3 is 5.97 Å². The Kier molecular flexibility index (Phi) is 5.33. The van der Waals surface area contributed by atoms with Crippen molar-refractivity contribution < 1.29 is 14.7 Å². The first-order chi connectivity index (χ1) is 8.99. The molecule has 0 saturated carbocycles. The van der Waals surface area contributed by atoms with E-state index in [1.54, 1.807) is 22.7 Å². The number of thioether (sulfide) groups is 1. The van der Waals surface area contributed by atoms with Crippen molar-refractivity contribution in [2.24, 2.45) is 0 Å². The van der Waals surface area contributed by atoms with Crippen LogP contribution in [0, 0.1) is 0 Å². The van der Waals surface area contributed by atoms with Crippen molar-refractivity contribution in [3.63, 3.8) is 0 Å². The molecule has 104 valence electrons. The number of halogens is 2. The van der Waals surface area contributed by atoms with Crippen molar-refractivity contribution in [1.29, 1.82) is 0 Å². The molecule has 1 fully saturated rings. The molecular formula is C11H11Br2NO3S2. The number of nitrogens with zero attached hydrogens (tertiary/aromatic N) is 1. The van der Waals surface area contributed by atoms with Gasteiger partial charge in [-0.15, -0.1) is 11.3 Å². The lowest BCUT2D eigenvalue weighted by molar-refractivity contribution is -0.138. The van der Waals surface area contributed by atoms with Crippen LogP contribution in [-0.2, 0) is 4.79 Å². The van der Waals surface area contributed by atoms with Crippen LogP contribution in [0.4, 0.5) is 0 Å². The van der Waals surface area contributed by atoms with Crippen molar-refractivity contribution in [2.45, 2.75) is 12.5 Å². The van der Waals surface area contributed by atoms with Crippen LogP contribution in [0.3, 0.4) is 0 Å². The molecule has 1 aromatic heterocycles. The fraction of sp³-hybridized carbons (Fsp3) is 0.455. The van der Waals surface area contributed by atoms with Crippen LogP contribution in [0.5, 0.6) is 0 Å². The van der Waals surface area contributed by atoms with Gasteiger partial charge in [-0.25, -0.2) is 0 Å². The second-order valence-electron chi connectivity index (χ2n) is 4.06. The lowest BCUT2D eigenvalue weighted by Gasteiger charge is -2.34. The molecule has 0 radical (unpaired) electrons. The second-order valence-corrected chi connectivity index (χ2v) is 8.96. The van der Waals surface area contributed by atoms with Gasteiger partial charge in [0.05, 0.1) is 25.6 Å². The number of thiophene rings is 1. The second kappa shape index (κ2) is 6.60. The van der Waals surface area contributed by atoms with E-state index in [4.69, 9.17) is 5.11 Å². The molecule has 1 amide bonds. The molecule has 8 heteroatoms. The number of carbonyl (C=O) groups excluding carboxylic acids is 1. The maximum atomic E-state index is 12.5. The summed E-state index contributed by atoms with van der Waals surface area (Å²) >= 11 is 9.86. The lowest BCUT2D eigenvalue weighted by atomic mass is 10.1.